The Morgan fingerprint density at radius 1 is 1.37 bits per heavy atom. The van der Waals surface area contributed by atoms with E-state index in [4.69, 9.17) is 23.2 Å². The van der Waals surface area contributed by atoms with E-state index in [1.165, 1.54) is 6.07 Å². The van der Waals surface area contributed by atoms with Gasteiger partial charge < -0.3 is 5.32 Å². The zero-order valence-corrected chi connectivity index (χ0v) is 12.1. The van der Waals surface area contributed by atoms with E-state index in [0.29, 0.717) is 27.8 Å². The highest BCUT2D eigenvalue weighted by molar-refractivity contribution is 6.32. The highest BCUT2D eigenvalue weighted by Gasteiger charge is 2.25. The van der Waals surface area contributed by atoms with E-state index in [1.54, 1.807) is 30.1 Å². The van der Waals surface area contributed by atoms with E-state index in [-0.39, 0.29) is 5.82 Å². The fourth-order valence-corrected chi connectivity index (χ4v) is 2.64. The van der Waals surface area contributed by atoms with Gasteiger partial charge >= 0.3 is 0 Å². The molecule has 1 aromatic heterocycles. The number of benzene rings is 1. The Morgan fingerprint density at radius 3 is 2.68 bits per heavy atom. The first-order chi connectivity index (χ1) is 9.10. The molecule has 19 heavy (non-hydrogen) atoms. The van der Waals surface area contributed by atoms with Gasteiger partial charge in [0.15, 0.2) is 0 Å². The fourth-order valence-electron chi connectivity index (χ4n) is 2.12. The van der Waals surface area contributed by atoms with Crippen LogP contribution in [-0.4, -0.2) is 16.8 Å². The first-order valence-corrected chi connectivity index (χ1v) is 6.68. The summed E-state index contributed by atoms with van der Waals surface area (Å²) in [5, 5.41) is 8.06. The number of aromatic nitrogens is 2. The van der Waals surface area contributed by atoms with E-state index in [1.807, 2.05) is 6.92 Å². The lowest BCUT2D eigenvalue weighted by Crippen LogP contribution is -2.23. The van der Waals surface area contributed by atoms with Gasteiger partial charge in [0, 0.05) is 17.1 Å². The van der Waals surface area contributed by atoms with Gasteiger partial charge in [0.05, 0.1) is 23.0 Å². The first-order valence-electron chi connectivity index (χ1n) is 5.92. The molecule has 1 atom stereocenters. The summed E-state index contributed by atoms with van der Waals surface area (Å²) in [6.07, 6.45) is 1.56. The number of nitrogens with zero attached hydrogens (tertiary/aromatic N) is 2. The summed E-state index contributed by atoms with van der Waals surface area (Å²) in [6.45, 7) is 2.59. The summed E-state index contributed by atoms with van der Waals surface area (Å²) >= 11 is 12.3. The van der Waals surface area contributed by atoms with Crippen LogP contribution in [0, 0.1) is 5.82 Å². The lowest BCUT2D eigenvalue weighted by molar-refractivity contribution is 0.533. The van der Waals surface area contributed by atoms with Crippen LogP contribution in [0.5, 0.6) is 0 Å². The maximum atomic E-state index is 14.0. The predicted octanol–water partition coefficient (Wildman–Crippen LogP) is 3.66. The third-order valence-electron chi connectivity index (χ3n) is 2.98. The summed E-state index contributed by atoms with van der Waals surface area (Å²) in [5.41, 5.74) is 1.09. The summed E-state index contributed by atoms with van der Waals surface area (Å²) in [5.74, 6) is -0.369. The largest absolute Gasteiger partial charge is 0.308 e. The molecule has 6 heteroatoms. The maximum Gasteiger partial charge on any atom is 0.129 e. The number of hydrogen-bond donors (Lipinski definition) is 1. The zero-order chi connectivity index (χ0) is 14.0. The van der Waals surface area contributed by atoms with Gasteiger partial charge in [-0.05, 0) is 26.1 Å². The Balaban J connectivity index is 2.59. The molecule has 0 fully saturated rings. The van der Waals surface area contributed by atoms with Gasteiger partial charge in [-0.2, -0.15) is 5.10 Å². The van der Waals surface area contributed by atoms with Crippen LogP contribution in [0.3, 0.4) is 0 Å². The Hall–Kier alpha value is -1.10. The van der Waals surface area contributed by atoms with Crippen LogP contribution >= 0.6 is 23.2 Å². The van der Waals surface area contributed by atoms with E-state index in [9.17, 15) is 4.39 Å². The van der Waals surface area contributed by atoms with Gasteiger partial charge in [0.25, 0.3) is 0 Å². The molecule has 0 amide bonds. The molecule has 0 aliphatic rings. The van der Waals surface area contributed by atoms with Crippen molar-refractivity contribution >= 4 is 23.2 Å². The van der Waals surface area contributed by atoms with Gasteiger partial charge in [-0.1, -0.05) is 29.3 Å². The first kappa shape index (κ1) is 14.3. The van der Waals surface area contributed by atoms with Crippen LogP contribution in [0.25, 0.3) is 0 Å². The molecule has 1 unspecified atom stereocenters. The van der Waals surface area contributed by atoms with Gasteiger partial charge in [0.2, 0.25) is 0 Å². The quantitative estimate of drug-likeness (QED) is 0.934. The van der Waals surface area contributed by atoms with E-state index < -0.39 is 6.04 Å². The van der Waals surface area contributed by atoms with E-state index in [0.717, 1.165) is 0 Å². The third kappa shape index (κ3) is 2.61. The topological polar surface area (TPSA) is 29.9 Å². The van der Waals surface area contributed by atoms with Crippen LogP contribution < -0.4 is 5.32 Å². The standard InChI is InChI=1S/C13H14Cl2FN3/c1-3-19-13(9(15)7-18-19)12(17-2)11-8(14)5-4-6-10(11)16/h4-7,12,17H,3H2,1-2H3. The van der Waals surface area contributed by atoms with Gasteiger partial charge in [-0.25, -0.2) is 4.39 Å². The highest BCUT2D eigenvalue weighted by Crippen LogP contribution is 2.33. The monoisotopic (exact) mass is 301 g/mol. The van der Waals surface area contributed by atoms with Crippen LogP contribution in [0.4, 0.5) is 4.39 Å². The molecular weight excluding hydrogens is 288 g/mol. The van der Waals surface area contributed by atoms with Gasteiger partial charge in [0.1, 0.15) is 5.82 Å². The number of halogens is 3. The second-order valence-electron chi connectivity index (χ2n) is 4.05. The van der Waals surface area contributed by atoms with Crippen molar-refractivity contribution in [1.82, 2.24) is 15.1 Å². The van der Waals surface area contributed by atoms with Crippen molar-refractivity contribution in [3.05, 3.63) is 51.5 Å². The molecule has 1 heterocycles. The Bertz CT molecular complexity index is 563. The SMILES string of the molecule is CCn1ncc(Cl)c1C(NC)c1c(F)cccc1Cl. The average molecular weight is 302 g/mol. The van der Waals surface area contributed by atoms with Crippen molar-refractivity contribution in [3.63, 3.8) is 0 Å². The van der Waals surface area contributed by atoms with Gasteiger partial charge in [-0.15, -0.1) is 0 Å². The molecule has 0 saturated carbocycles. The average Bonchev–Trinajstić information content (AvgIpc) is 2.75. The van der Waals surface area contributed by atoms with Crippen molar-refractivity contribution in [3.8, 4) is 0 Å². The van der Waals surface area contributed by atoms with Crippen LogP contribution in [0.15, 0.2) is 24.4 Å². The van der Waals surface area contributed by atoms with Crippen LogP contribution in [0.1, 0.15) is 24.2 Å². The Labute approximate surface area is 121 Å². The Morgan fingerprint density at radius 2 is 2.11 bits per heavy atom. The molecule has 0 saturated heterocycles. The Kier molecular flexibility index (Phi) is 4.45. The van der Waals surface area contributed by atoms with Crippen molar-refractivity contribution in [1.29, 1.82) is 0 Å². The minimum atomic E-state index is -0.441. The van der Waals surface area contributed by atoms with Crippen LogP contribution in [0.2, 0.25) is 10.0 Å². The molecule has 3 nitrogen and oxygen atoms in total. The molecular formula is C13H14Cl2FN3. The molecule has 2 rings (SSSR count). The number of nitrogens with one attached hydrogen (secondary N) is 1. The van der Waals surface area contributed by atoms with Crippen molar-refractivity contribution in [2.45, 2.75) is 19.5 Å². The summed E-state index contributed by atoms with van der Waals surface area (Å²) in [4.78, 5) is 0. The fraction of sp³-hybridized carbons (Fsp3) is 0.308. The molecule has 0 aliphatic carbocycles. The second-order valence-corrected chi connectivity index (χ2v) is 4.86. The third-order valence-corrected chi connectivity index (χ3v) is 3.60. The maximum absolute atomic E-state index is 14.0. The predicted molar refractivity (Wildman–Crippen MR) is 75.2 cm³/mol. The molecule has 2 aromatic rings. The molecule has 102 valence electrons. The smallest absolute Gasteiger partial charge is 0.129 e. The van der Waals surface area contributed by atoms with E-state index in [2.05, 4.69) is 10.4 Å². The van der Waals surface area contributed by atoms with Crippen molar-refractivity contribution < 1.29 is 4.39 Å². The second kappa shape index (κ2) is 5.90. The molecule has 1 N–H and O–H groups in total. The normalized spacial score (nSPS) is 12.7. The lowest BCUT2D eigenvalue weighted by Gasteiger charge is -2.20. The molecule has 0 radical (unpaired) electrons. The molecule has 0 bridgehead atoms. The summed E-state index contributed by atoms with van der Waals surface area (Å²) in [7, 11) is 1.73. The summed E-state index contributed by atoms with van der Waals surface area (Å²) < 4.78 is 15.8. The van der Waals surface area contributed by atoms with Crippen molar-refractivity contribution in [2.75, 3.05) is 7.05 Å². The lowest BCUT2D eigenvalue weighted by atomic mass is 10.0. The molecule has 0 aliphatic heterocycles. The number of hydrogen-bond acceptors (Lipinski definition) is 2. The number of rotatable bonds is 4. The summed E-state index contributed by atoms with van der Waals surface area (Å²) in [6, 6.07) is 4.17. The minimum Gasteiger partial charge on any atom is -0.308 e. The highest BCUT2D eigenvalue weighted by atomic mass is 35.5. The van der Waals surface area contributed by atoms with Crippen molar-refractivity contribution in [2.24, 2.45) is 0 Å². The van der Waals surface area contributed by atoms with Crippen LogP contribution in [-0.2, 0) is 6.54 Å². The van der Waals surface area contributed by atoms with Gasteiger partial charge in [-0.3, -0.25) is 4.68 Å². The number of aryl methyl sites for hydroxylation is 1. The minimum absolute atomic E-state index is 0.360. The molecule has 1 aromatic carbocycles. The zero-order valence-electron chi connectivity index (χ0n) is 10.6. The van der Waals surface area contributed by atoms with E-state index >= 15 is 0 Å². The molecule has 0 spiro atoms.